The largest absolute Gasteiger partial charge is 0.366 e. The zero-order chi connectivity index (χ0) is 11.8. The van der Waals surface area contributed by atoms with Crippen LogP contribution < -0.4 is 5.73 Å². The third kappa shape index (κ3) is 1.67. The molecule has 0 saturated heterocycles. The predicted octanol–water partition coefficient (Wildman–Crippen LogP) is 2.05. The fourth-order valence-electron chi connectivity index (χ4n) is 2.44. The van der Waals surface area contributed by atoms with Crippen LogP contribution >= 0.6 is 11.3 Å². The van der Waals surface area contributed by atoms with Crippen LogP contribution in [-0.2, 0) is 13.0 Å². The van der Waals surface area contributed by atoms with E-state index in [1.54, 1.807) is 11.3 Å². The fraction of sp³-hybridized carbons (Fsp3) is 0.333. The maximum absolute atomic E-state index is 11.4. The molecular weight excluding hydrogens is 234 g/mol. The number of amides is 1. The van der Waals surface area contributed by atoms with E-state index in [0.717, 1.165) is 42.9 Å². The summed E-state index contributed by atoms with van der Waals surface area (Å²) in [5.74, 6) is -0.336. The minimum absolute atomic E-state index is 0.336. The lowest BCUT2D eigenvalue weighted by Gasteiger charge is -2.17. The Morgan fingerprint density at radius 1 is 1.47 bits per heavy atom. The summed E-state index contributed by atoms with van der Waals surface area (Å²) in [7, 11) is 0. The van der Waals surface area contributed by atoms with Gasteiger partial charge < -0.3 is 10.3 Å². The summed E-state index contributed by atoms with van der Waals surface area (Å²) < 4.78 is 2.19. The van der Waals surface area contributed by atoms with Crippen LogP contribution in [0.25, 0.3) is 11.4 Å². The van der Waals surface area contributed by atoms with Crippen molar-refractivity contribution in [1.29, 1.82) is 0 Å². The molecule has 2 N–H and O–H groups in total. The molecule has 0 atom stereocenters. The van der Waals surface area contributed by atoms with E-state index in [2.05, 4.69) is 9.55 Å². The first kappa shape index (κ1) is 10.5. The van der Waals surface area contributed by atoms with Crippen LogP contribution in [0.1, 0.15) is 28.9 Å². The average molecular weight is 247 g/mol. The SMILES string of the molecule is NC(=O)c1cc(-c2cscn2)n2c1CCCC2. The smallest absolute Gasteiger partial charge is 0.250 e. The van der Waals surface area contributed by atoms with Gasteiger partial charge in [-0.15, -0.1) is 11.3 Å². The van der Waals surface area contributed by atoms with Crippen LogP contribution in [0.15, 0.2) is 17.0 Å². The fourth-order valence-corrected chi connectivity index (χ4v) is 2.99. The molecule has 2 aromatic heterocycles. The Balaban J connectivity index is 2.19. The molecule has 0 radical (unpaired) electrons. The average Bonchev–Trinajstić information content (AvgIpc) is 2.95. The monoisotopic (exact) mass is 247 g/mol. The molecule has 0 aromatic carbocycles. The van der Waals surface area contributed by atoms with Crippen molar-refractivity contribution >= 4 is 17.2 Å². The van der Waals surface area contributed by atoms with Gasteiger partial charge in [0, 0.05) is 17.6 Å². The van der Waals surface area contributed by atoms with Crippen molar-refractivity contribution in [2.24, 2.45) is 5.73 Å². The summed E-state index contributed by atoms with van der Waals surface area (Å²) in [4.78, 5) is 15.8. The van der Waals surface area contributed by atoms with Crippen molar-refractivity contribution < 1.29 is 4.79 Å². The van der Waals surface area contributed by atoms with Crippen molar-refractivity contribution in [1.82, 2.24) is 9.55 Å². The van der Waals surface area contributed by atoms with Gasteiger partial charge in [0.25, 0.3) is 5.91 Å². The Hall–Kier alpha value is -1.62. The second-order valence-corrected chi connectivity index (χ2v) is 4.96. The molecule has 1 aliphatic heterocycles. The first-order valence-corrected chi connectivity index (χ1v) is 6.62. The van der Waals surface area contributed by atoms with Gasteiger partial charge in [-0.2, -0.15) is 0 Å². The molecule has 3 heterocycles. The predicted molar refractivity (Wildman–Crippen MR) is 67.0 cm³/mol. The molecule has 2 aromatic rings. The number of fused-ring (bicyclic) bond motifs is 1. The Morgan fingerprint density at radius 2 is 2.35 bits per heavy atom. The van der Waals surface area contributed by atoms with Gasteiger partial charge >= 0.3 is 0 Å². The van der Waals surface area contributed by atoms with E-state index in [4.69, 9.17) is 5.73 Å². The normalized spacial score (nSPS) is 14.6. The first-order valence-electron chi connectivity index (χ1n) is 5.68. The van der Waals surface area contributed by atoms with E-state index in [0.29, 0.717) is 5.56 Å². The van der Waals surface area contributed by atoms with Crippen molar-refractivity contribution in [3.63, 3.8) is 0 Å². The van der Waals surface area contributed by atoms with Gasteiger partial charge in [0.15, 0.2) is 0 Å². The van der Waals surface area contributed by atoms with Gasteiger partial charge in [-0.25, -0.2) is 4.98 Å². The minimum Gasteiger partial charge on any atom is -0.366 e. The van der Waals surface area contributed by atoms with E-state index in [1.165, 1.54) is 0 Å². The lowest BCUT2D eigenvalue weighted by atomic mass is 10.1. The van der Waals surface area contributed by atoms with Gasteiger partial charge in [0.2, 0.25) is 0 Å². The molecule has 5 heteroatoms. The maximum Gasteiger partial charge on any atom is 0.250 e. The van der Waals surface area contributed by atoms with Gasteiger partial charge in [0.1, 0.15) is 0 Å². The van der Waals surface area contributed by atoms with Crippen LogP contribution in [-0.4, -0.2) is 15.5 Å². The second kappa shape index (κ2) is 4.00. The standard InChI is InChI=1S/C12H13N3OS/c13-12(16)8-5-11(9-6-17-7-14-9)15-4-2-1-3-10(8)15/h5-7H,1-4H2,(H2,13,16). The zero-order valence-corrected chi connectivity index (χ0v) is 10.2. The molecule has 0 spiro atoms. The summed E-state index contributed by atoms with van der Waals surface area (Å²) in [6.45, 7) is 0.954. The number of thiazole rings is 1. The number of hydrogen-bond acceptors (Lipinski definition) is 3. The summed E-state index contributed by atoms with van der Waals surface area (Å²) in [6, 6.07) is 1.89. The van der Waals surface area contributed by atoms with E-state index < -0.39 is 0 Å². The van der Waals surface area contributed by atoms with Crippen molar-refractivity contribution in [2.75, 3.05) is 0 Å². The van der Waals surface area contributed by atoms with Crippen LogP contribution in [0.3, 0.4) is 0 Å². The summed E-state index contributed by atoms with van der Waals surface area (Å²) in [6.07, 6.45) is 3.21. The van der Waals surface area contributed by atoms with E-state index in [9.17, 15) is 4.79 Å². The molecule has 88 valence electrons. The number of nitrogens with two attached hydrogens (primary N) is 1. The topological polar surface area (TPSA) is 60.9 Å². The number of aromatic nitrogens is 2. The third-order valence-electron chi connectivity index (χ3n) is 3.21. The van der Waals surface area contributed by atoms with Crippen LogP contribution in [0.5, 0.6) is 0 Å². The highest BCUT2D eigenvalue weighted by Gasteiger charge is 2.22. The van der Waals surface area contributed by atoms with Crippen LogP contribution in [0.2, 0.25) is 0 Å². The van der Waals surface area contributed by atoms with E-state index in [-0.39, 0.29) is 5.91 Å². The Morgan fingerprint density at radius 3 is 3.06 bits per heavy atom. The van der Waals surface area contributed by atoms with Crippen LogP contribution in [0.4, 0.5) is 0 Å². The van der Waals surface area contributed by atoms with Crippen molar-refractivity contribution in [2.45, 2.75) is 25.8 Å². The third-order valence-corrected chi connectivity index (χ3v) is 3.80. The highest BCUT2D eigenvalue weighted by Crippen LogP contribution is 2.30. The molecule has 1 amide bonds. The summed E-state index contributed by atoms with van der Waals surface area (Å²) >= 11 is 1.56. The number of carbonyl (C=O) groups excluding carboxylic acids is 1. The number of carbonyl (C=O) groups is 1. The van der Waals surface area contributed by atoms with Crippen molar-refractivity contribution in [3.05, 3.63) is 28.2 Å². The zero-order valence-electron chi connectivity index (χ0n) is 9.35. The highest BCUT2D eigenvalue weighted by atomic mass is 32.1. The minimum atomic E-state index is -0.336. The van der Waals surface area contributed by atoms with Gasteiger partial charge in [-0.3, -0.25) is 4.79 Å². The molecule has 0 bridgehead atoms. The Bertz CT molecular complexity index is 557. The molecule has 17 heavy (non-hydrogen) atoms. The van der Waals surface area contributed by atoms with Crippen molar-refractivity contribution in [3.8, 4) is 11.4 Å². The molecule has 1 aliphatic rings. The number of rotatable bonds is 2. The molecule has 3 rings (SSSR count). The molecule has 0 unspecified atom stereocenters. The maximum atomic E-state index is 11.4. The number of primary amides is 1. The van der Waals surface area contributed by atoms with Gasteiger partial charge in [-0.05, 0) is 25.3 Å². The van der Waals surface area contributed by atoms with Gasteiger partial charge in [-0.1, -0.05) is 0 Å². The van der Waals surface area contributed by atoms with Crippen LogP contribution in [0, 0.1) is 0 Å². The molecule has 4 nitrogen and oxygen atoms in total. The number of nitrogens with zero attached hydrogens (tertiary/aromatic N) is 2. The van der Waals surface area contributed by atoms with E-state index in [1.807, 2.05) is 17.0 Å². The highest BCUT2D eigenvalue weighted by molar-refractivity contribution is 7.07. The molecule has 0 fully saturated rings. The lowest BCUT2D eigenvalue weighted by Crippen LogP contribution is -2.17. The Kier molecular flexibility index (Phi) is 2.48. The molecule has 0 saturated carbocycles. The lowest BCUT2D eigenvalue weighted by molar-refractivity contribution is 0.0999. The van der Waals surface area contributed by atoms with E-state index >= 15 is 0 Å². The summed E-state index contributed by atoms with van der Waals surface area (Å²) in [5, 5.41) is 2.00. The number of hydrogen-bond donors (Lipinski definition) is 1. The van der Waals surface area contributed by atoms with Gasteiger partial charge in [0.05, 0.1) is 22.5 Å². The molecule has 0 aliphatic carbocycles. The first-order chi connectivity index (χ1) is 8.27. The summed E-state index contributed by atoms with van der Waals surface area (Å²) in [5.41, 5.74) is 10.9. The second-order valence-electron chi connectivity index (χ2n) is 4.24. The quantitative estimate of drug-likeness (QED) is 0.882. The molecular formula is C12H13N3OS. The Labute approximate surface area is 103 Å².